The molecular weight excluding hydrogens is 326 g/mol. The Morgan fingerprint density at radius 2 is 1.96 bits per heavy atom. The molecule has 4 heteroatoms. The number of aryl methyl sites for hydroxylation is 1. The van der Waals surface area contributed by atoms with Crippen molar-refractivity contribution in [3.8, 4) is 11.5 Å². The molecule has 0 spiro atoms. The maximum atomic E-state index is 10.4. The molecule has 138 valence electrons. The van der Waals surface area contributed by atoms with Crippen LogP contribution < -0.4 is 9.47 Å². The molecule has 0 saturated carbocycles. The maximum absolute atomic E-state index is 10.4. The number of ether oxygens (including phenoxy) is 2. The van der Waals surface area contributed by atoms with E-state index in [9.17, 15) is 5.11 Å². The standard InChI is InChI=1S/C22H27NO3/c1-3-4-9-20(24)15-23(14-19-8-6-5-7-17(19)2)13-18-10-11-21-22(12-18)26-16-25-21/h3,5-8,10-12,20,24H,1,4,9,13-16H2,2H3/t20-/m0/s1. The summed E-state index contributed by atoms with van der Waals surface area (Å²) in [6, 6.07) is 14.4. The van der Waals surface area contributed by atoms with E-state index in [1.54, 1.807) is 0 Å². The third-order valence-electron chi connectivity index (χ3n) is 4.67. The summed E-state index contributed by atoms with van der Waals surface area (Å²) in [6.45, 7) is 8.32. The van der Waals surface area contributed by atoms with Crippen LogP contribution in [0.3, 0.4) is 0 Å². The van der Waals surface area contributed by atoms with E-state index in [1.165, 1.54) is 11.1 Å². The summed E-state index contributed by atoms with van der Waals surface area (Å²) in [5, 5.41) is 10.4. The van der Waals surface area contributed by atoms with Crippen LogP contribution in [0.15, 0.2) is 55.1 Å². The number of aliphatic hydroxyl groups excluding tert-OH is 1. The van der Waals surface area contributed by atoms with Crippen molar-refractivity contribution in [1.82, 2.24) is 4.90 Å². The van der Waals surface area contributed by atoms with E-state index in [-0.39, 0.29) is 12.9 Å². The van der Waals surface area contributed by atoms with Gasteiger partial charge in [-0.05, 0) is 48.6 Å². The summed E-state index contributed by atoms with van der Waals surface area (Å²) in [6.07, 6.45) is 3.04. The summed E-state index contributed by atoms with van der Waals surface area (Å²) >= 11 is 0. The lowest BCUT2D eigenvalue weighted by molar-refractivity contribution is 0.0982. The van der Waals surface area contributed by atoms with Gasteiger partial charge in [0.05, 0.1) is 6.10 Å². The second-order valence-electron chi connectivity index (χ2n) is 6.80. The van der Waals surface area contributed by atoms with Crippen molar-refractivity contribution in [1.29, 1.82) is 0 Å². The third-order valence-corrected chi connectivity index (χ3v) is 4.67. The molecule has 1 N–H and O–H groups in total. The first-order valence-corrected chi connectivity index (χ1v) is 9.10. The Labute approximate surface area is 155 Å². The highest BCUT2D eigenvalue weighted by Gasteiger charge is 2.17. The van der Waals surface area contributed by atoms with Crippen LogP contribution in [0, 0.1) is 6.92 Å². The maximum Gasteiger partial charge on any atom is 0.231 e. The summed E-state index contributed by atoms with van der Waals surface area (Å²) in [4.78, 5) is 2.29. The van der Waals surface area contributed by atoms with Crippen LogP contribution in [-0.4, -0.2) is 29.4 Å². The molecule has 0 unspecified atom stereocenters. The number of hydrogen-bond acceptors (Lipinski definition) is 4. The highest BCUT2D eigenvalue weighted by Crippen LogP contribution is 2.33. The Kier molecular flexibility index (Phi) is 6.31. The molecule has 0 radical (unpaired) electrons. The summed E-state index contributed by atoms with van der Waals surface area (Å²) < 4.78 is 10.9. The molecule has 0 bridgehead atoms. The Morgan fingerprint density at radius 1 is 1.15 bits per heavy atom. The van der Waals surface area contributed by atoms with Crippen LogP contribution >= 0.6 is 0 Å². The van der Waals surface area contributed by atoms with Gasteiger partial charge in [0.25, 0.3) is 0 Å². The number of rotatable bonds is 9. The van der Waals surface area contributed by atoms with Gasteiger partial charge in [-0.25, -0.2) is 0 Å². The van der Waals surface area contributed by atoms with Crippen LogP contribution in [-0.2, 0) is 13.1 Å². The van der Waals surface area contributed by atoms with Crippen LogP contribution in [0.1, 0.15) is 29.5 Å². The molecular formula is C22H27NO3. The molecule has 1 atom stereocenters. The van der Waals surface area contributed by atoms with Gasteiger partial charge in [0.15, 0.2) is 11.5 Å². The van der Waals surface area contributed by atoms with Gasteiger partial charge < -0.3 is 14.6 Å². The molecule has 1 heterocycles. The van der Waals surface area contributed by atoms with Gasteiger partial charge in [0.2, 0.25) is 6.79 Å². The molecule has 1 aliphatic rings. The molecule has 0 amide bonds. The number of nitrogens with zero attached hydrogens (tertiary/aromatic N) is 1. The Morgan fingerprint density at radius 3 is 2.77 bits per heavy atom. The van der Waals surface area contributed by atoms with Gasteiger partial charge in [-0.2, -0.15) is 0 Å². The lowest BCUT2D eigenvalue weighted by Gasteiger charge is -2.26. The predicted octanol–water partition coefficient (Wildman–Crippen LogP) is 4.05. The lowest BCUT2D eigenvalue weighted by Crippen LogP contribution is -2.32. The largest absolute Gasteiger partial charge is 0.454 e. The van der Waals surface area contributed by atoms with Crippen molar-refractivity contribution in [2.45, 2.75) is 39.0 Å². The Hall–Kier alpha value is -2.30. The fraction of sp³-hybridized carbons (Fsp3) is 0.364. The minimum atomic E-state index is -0.369. The van der Waals surface area contributed by atoms with Gasteiger partial charge >= 0.3 is 0 Å². The van der Waals surface area contributed by atoms with Gasteiger partial charge in [0.1, 0.15) is 0 Å². The monoisotopic (exact) mass is 353 g/mol. The van der Waals surface area contributed by atoms with Gasteiger partial charge in [-0.15, -0.1) is 6.58 Å². The first-order valence-electron chi connectivity index (χ1n) is 9.10. The smallest absolute Gasteiger partial charge is 0.231 e. The number of allylic oxidation sites excluding steroid dienone is 1. The minimum Gasteiger partial charge on any atom is -0.454 e. The second kappa shape index (κ2) is 8.88. The number of aliphatic hydroxyl groups is 1. The lowest BCUT2D eigenvalue weighted by atomic mass is 10.1. The first kappa shape index (κ1) is 18.5. The topological polar surface area (TPSA) is 41.9 Å². The van der Waals surface area contributed by atoms with Crippen LogP contribution in [0.25, 0.3) is 0 Å². The number of benzene rings is 2. The van der Waals surface area contributed by atoms with Gasteiger partial charge in [-0.1, -0.05) is 36.4 Å². The second-order valence-corrected chi connectivity index (χ2v) is 6.80. The van der Waals surface area contributed by atoms with E-state index in [0.717, 1.165) is 43.0 Å². The average molecular weight is 353 g/mol. The summed E-state index contributed by atoms with van der Waals surface area (Å²) in [5.74, 6) is 1.59. The quantitative estimate of drug-likeness (QED) is 0.691. The van der Waals surface area contributed by atoms with Crippen molar-refractivity contribution in [3.05, 3.63) is 71.8 Å². The number of fused-ring (bicyclic) bond motifs is 1. The molecule has 1 aliphatic heterocycles. The molecule has 26 heavy (non-hydrogen) atoms. The summed E-state index contributed by atoms with van der Waals surface area (Å²) in [7, 11) is 0. The van der Waals surface area contributed by atoms with Crippen molar-refractivity contribution in [3.63, 3.8) is 0 Å². The zero-order valence-electron chi connectivity index (χ0n) is 15.4. The highest BCUT2D eigenvalue weighted by atomic mass is 16.7. The van der Waals surface area contributed by atoms with Gasteiger partial charge in [-0.3, -0.25) is 4.90 Å². The molecule has 3 rings (SSSR count). The van der Waals surface area contributed by atoms with Crippen molar-refractivity contribution in [2.24, 2.45) is 0 Å². The molecule has 2 aromatic carbocycles. The molecule has 2 aromatic rings. The highest BCUT2D eigenvalue weighted by molar-refractivity contribution is 5.44. The molecule has 0 aliphatic carbocycles. The fourth-order valence-electron chi connectivity index (χ4n) is 3.21. The fourth-order valence-corrected chi connectivity index (χ4v) is 3.21. The van der Waals surface area contributed by atoms with E-state index in [4.69, 9.17) is 9.47 Å². The SMILES string of the molecule is C=CCC[C@H](O)CN(Cc1ccc2c(c1)OCO2)Cc1ccccc1C. The van der Waals surface area contributed by atoms with Crippen LogP contribution in [0.5, 0.6) is 11.5 Å². The predicted molar refractivity (Wildman–Crippen MR) is 103 cm³/mol. The normalized spacial score (nSPS) is 13.8. The third kappa shape index (κ3) is 4.87. The van der Waals surface area contributed by atoms with Gasteiger partial charge in [0, 0.05) is 19.6 Å². The molecule has 4 nitrogen and oxygen atoms in total. The van der Waals surface area contributed by atoms with E-state index in [2.05, 4.69) is 48.7 Å². The van der Waals surface area contributed by atoms with E-state index in [1.807, 2.05) is 18.2 Å². The van der Waals surface area contributed by atoms with E-state index < -0.39 is 0 Å². The first-order chi connectivity index (χ1) is 12.7. The van der Waals surface area contributed by atoms with Crippen LogP contribution in [0.4, 0.5) is 0 Å². The summed E-state index contributed by atoms with van der Waals surface area (Å²) in [5.41, 5.74) is 3.70. The van der Waals surface area contributed by atoms with Crippen LogP contribution in [0.2, 0.25) is 0 Å². The average Bonchev–Trinajstić information content (AvgIpc) is 3.09. The zero-order valence-corrected chi connectivity index (χ0v) is 15.4. The molecule has 0 aromatic heterocycles. The minimum absolute atomic E-state index is 0.284. The van der Waals surface area contributed by atoms with E-state index in [0.29, 0.717) is 6.54 Å². The number of hydrogen-bond donors (Lipinski definition) is 1. The van der Waals surface area contributed by atoms with Crippen molar-refractivity contribution in [2.75, 3.05) is 13.3 Å². The Balaban J connectivity index is 1.73. The Bertz CT molecular complexity index is 744. The van der Waals surface area contributed by atoms with Crippen molar-refractivity contribution < 1.29 is 14.6 Å². The van der Waals surface area contributed by atoms with E-state index >= 15 is 0 Å². The van der Waals surface area contributed by atoms with Crippen molar-refractivity contribution >= 4 is 0 Å². The zero-order chi connectivity index (χ0) is 18.4. The molecule has 0 fully saturated rings. The molecule has 0 saturated heterocycles.